The summed E-state index contributed by atoms with van der Waals surface area (Å²) in [5.41, 5.74) is 9.18. The van der Waals surface area contributed by atoms with E-state index in [4.69, 9.17) is 21.3 Å². The van der Waals surface area contributed by atoms with E-state index < -0.39 is 0 Å². The Bertz CT molecular complexity index is 1410. The summed E-state index contributed by atoms with van der Waals surface area (Å²) in [6, 6.07) is 8.44. The van der Waals surface area contributed by atoms with Crippen molar-refractivity contribution in [2.45, 2.75) is 79.9 Å². The van der Waals surface area contributed by atoms with Crippen molar-refractivity contribution in [3.63, 3.8) is 0 Å². The topological polar surface area (TPSA) is 71.5 Å². The van der Waals surface area contributed by atoms with Crippen LogP contribution in [0.1, 0.15) is 68.6 Å². The molecule has 40 heavy (non-hydrogen) atoms. The van der Waals surface area contributed by atoms with E-state index in [0.717, 1.165) is 79.2 Å². The average molecular weight is 562 g/mol. The second kappa shape index (κ2) is 11.4. The summed E-state index contributed by atoms with van der Waals surface area (Å²) < 4.78 is 5.58. The third kappa shape index (κ3) is 6.09. The molecule has 3 aromatic rings. The van der Waals surface area contributed by atoms with Crippen molar-refractivity contribution in [3.8, 4) is 11.1 Å². The number of benzene rings is 1. The molecule has 2 aromatic heterocycles. The van der Waals surface area contributed by atoms with Gasteiger partial charge in [-0.1, -0.05) is 43.6 Å². The molecule has 0 atom stereocenters. The number of esters is 1. The fourth-order valence-electron chi connectivity index (χ4n) is 5.92. The molecule has 1 fully saturated rings. The van der Waals surface area contributed by atoms with Crippen molar-refractivity contribution in [2.75, 3.05) is 29.4 Å². The lowest BCUT2D eigenvalue weighted by Crippen LogP contribution is -2.38. The number of ether oxygens (including phenoxy) is 1. The van der Waals surface area contributed by atoms with Gasteiger partial charge in [-0.15, -0.1) is 0 Å². The van der Waals surface area contributed by atoms with Gasteiger partial charge >= 0.3 is 5.97 Å². The van der Waals surface area contributed by atoms with Gasteiger partial charge in [0.15, 0.2) is 0 Å². The predicted molar refractivity (Wildman–Crippen MR) is 161 cm³/mol. The monoisotopic (exact) mass is 561 g/mol. The minimum atomic E-state index is -0.206. The second-order valence-electron chi connectivity index (χ2n) is 12.2. The molecule has 0 spiro atoms. The number of rotatable bonds is 6. The van der Waals surface area contributed by atoms with E-state index >= 15 is 0 Å². The first-order chi connectivity index (χ1) is 19.0. The largest absolute Gasteiger partial charge is 0.463 e. The summed E-state index contributed by atoms with van der Waals surface area (Å²) in [7, 11) is 0. The molecule has 0 amide bonds. The van der Waals surface area contributed by atoms with E-state index in [2.05, 4.69) is 58.7 Å². The highest BCUT2D eigenvalue weighted by Gasteiger charge is 2.31. The lowest BCUT2D eigenvalue weighted by Gasteiger charge is -2.40. The highest BCUT2D eigenvalue weighted by molar-refractivity contribution is 6.29. The number of pyridine rings is 1. The Hall–Kier alpha value is -3.19. The molecule has 4 heterocycles. The van der Waals surface area contributed by atoms with Gasteiger partial charge in [0.05, 0.1) is 18.2 Å². The van der Waals surface area contributed by atoms with Crippen molar-refractivity contribution < 1.29 is 9.53 Å². The van der Waals surface area contributed by atoms with Gasteiger partial charge in [0.25, 0.3) is 0 Å². The smallest absolute Gasteiger partial charge is 0.310 e. The Morgan fingerprint density at radius 2 is 1.77 bits per heavy atom. The molecule has 0 aliphatic carbocycles. The van der Waals surface area contributed by atoms with Crippen LogP contribution in [-0.2, 0) is 28.9 Å². The fraction of sp³-hybridized carbons (Fsp3) is 0.500. The van der Waals surface area contributed by atoms with E-state index in [1.54, 1.807) is 12.3 Å². The Labute approximate surface area is 242 Å². The number of anilines is 2. The Kier molecular flexibility index (Phi) is 8.05. The number of carbonyl (C=O) groups is 1. The molecule has 5 rings (SSSR count). The van der Waals surface area contributed by atoms with E-state index in [-0.39, 0.29) is 18.5 Å². The zero-order chi connectivity index (χ0) is 28.6. The van der Waals surface area contributed by atoms with E-state index in [9.17, 15) is 4.79 Å². The van der Waals surface area contributed by atoms with Crippen LogP contribution in [0.25, 0.3) is 11.1 Å². The minimum Gasteiger partial charge on any atom is -0.463 e. The molecule has 7 nitrogen and oxygen atoms in total. The van der Waals surface area contributed by atoms with Gasteiger partial charge in [0.1, 0.15) is 5.15 Å². The van der Waals surface area contributed by atoms with Gasteiger partial charge in [-0.25, -0.2) is 9.97 Å². The van der Waals surface area contributed by atoms with Gasteiger partial charge < -0.3 is 14.5 Å². The third-order valence-electron chi connectivity index (χ3n) is 8.18. The number of fused-ring (bicyclic) bond motifs is 1. The molecule has 8 heteroatoms. The highest BCUT2D eigenvalue weighted by Crippen LogP contribution is 2.42. The Morgan fingerprint density at radius 1 is 1.02 bits per heavy atom. The number of hydrogen-bond donors (Lipinski definition) is 0. The first-order valence-electron chi connectivity index (χ1n) is 14.3. The second-order valence-corrected chi connectivity index (χ2v) is 12.6. The van der Waals surface area contributed by atoms with Crippen molar-refractivity contribution in [1.82, 2.24) is 15.0 Å². The SMILES string of the molecule is Cc1nc(C)c(-c2ccc3c(c2)CCN(c2nccc(Cl)n2)C3)c(N2CCC(C)(C)CC2)c1CC(=O)OC(C)C. The van der Waals surface area contributed by atoms with Gasteiger partial charge in [-0.05, 0) is 75.1 Å². The van der Waals surface area contributed by atoms with Gasteiger partial charge in [-0.3, -0.25) is 9.78 Å². The molecule has 2 aliphatic rings. The molecule has 0 unspecified atom stereocenters. The van der Waals surface area contributed by atoms with Crippen molar-refractivity contribution in [3.05, 3.63) is 63.7 Å². The summed E-state index contributed by atoms with van der Waals surface area (Å²) >= 11 is 6.13. The molecule has 0 radical (unpaired) electrons. The maximum absolute atomic E-state index is 12.9. The summed E-state index contributed by atoms with van der Waals surface area (Å²) in [5.74, 6) is 0.455. The van der Waals surface area contributed by atoms with Crippen LogP contribution in [0.4, 0.5) is 11.6 Å². The maximum Gasteiger partial charge on any atom is 0.310 e. The molecule has 1 aromatic carbocycles. The number of piperidine rings is 1. The van der Waals surface area contributed by atoms with Crippen molar-refractivity contribution >= 4 is 29.2 Å². The number of carbonyl (C=O) groups excluding carboxylic acids is 1. The molecule has 0 bridgehead atoms. The van der Waals surface area contributed by atoms with Crippen LogP contribution in [0.15, 0.2) is 30.5 Å². The lowest BCUT2D eigenvalue weighted by atomic mass is 9.82. The average Bonchev–Trinajstić information content (AvgIpc) is 2.89. The highest BCUT2D eigenvalue weighted by atomic mass is 35.5. The van der Waals surface area contributed by atoms with Crippen LogP contribution in [0, 0.1) is 19.3 Å². The predicted octanol–water partition coefficient (Wildman–Crippen LogP) is 6.49. The maximum atomic E-state index is 12.9. The van der Waals surface area contributed by atoms with Crippen LogP contribution in [0.3, 0.4) is 0 Å². The zero-order valence-electron chi connectivity index (χ0n) is 24.6. The standard InChI is InChI=1S/C32H40ClN5O2/c1-20(2)40-28(39)18-26-21(3)35-22(4)29(30(26)37-15-11-32(5,6)12-16-37)24-7-8-25-19-38(14-10-23(25)17-24)31-34-13-9-27(33)36-31/h7-9,13,17,20H,10-12,14-16,18-19H2,1-6H3. The van der Waals surface area contributed by atoms with Gasteiger partial charge in [0.2, 0.25) is 5.95 Å². The van der Waals surface area contributed by atoms with E-state index in [1.807, 2.05) is 20.8 Å². The van der Waals surface area contributed by atoms with Crippen molar-refractivity contribution in [2.24, 2.45) is 5.41 Å². The van der Waals surface area contributed by atoms with Crippen molar-refractivity contribution in [1.29, 1.82) is 0 Å². The zero-order valence-corrected chi connectivity index (χ0v) is 25.3. The molecule has 0 saturated carbocycles. The minimum absolute atomic E-state index is 0.151. The Morgan fingerprint density at radius 3 is 2.48 bits per heavy atom. The normalized spacial score (nSPS) is 16.7. The molecular weight excluding hydrogens is 522 g/mol. The number of nitrogens with zero attached hydrogens (tertiary/aromatic N) is 5. The van der Waals surface area contributed by atoms with Crippen LogP contribution in [0.2, 0.25) is 5.15 Å². The Balaban J connectivity index is 1.55. The molecular formula is C32H40ClN5O2. The molecule has 0 N–H and O–H groups in total. The van der Waals surface area contributed by atoms with Crippen LogP contribution < -0.4 is 9.80 Å². The molecule has 2 aliphatic heterocycles. The number of aryl methyl sites for hydroxylation is 2. The van der Waals surface area contributed by atoms with Gasteiger partial charge in [-0.2, -0.15) is 0 Å². The summed E-state index contributed by atoms with van der Waals surface area (Å²) in [5, 5.41) is 0.454. The van der Waals surface area contributed by atoms with Crippen LogP contribution in [0.5, 0.6) is 0 Å². The fourth-order valence-corrected chi connectivity index (χ4v) is 6.05. The van der Waals surface area contributed by atoms with Crippen LogP contribution in [-0.4, -0.2) is 46.7 Å². The summed E-state index contributed by atoms with van der Waals surface area (Å²) in [6.45, 7) is 16.0. The number of aromatic nitrogens is 3. The van der Waals surface area contributed by atoms with Crippen LogP contribution >= 0.6 is 11.6 Å². The quantitative estimate of drug-likeness (QED) is 0.251. The lowest BCUT2D eigenvalue weighted by molar-refractivity contribution is -0.146. The summed E-state index contributed by atoms with van der Waals surface area (Å²) in [6.07, 6.45) is 4.87. The molecule has 1 saturated heterocycles. The van der Waals surface area contributed by atoms with E-state index in [1.165, 1.54) is 11.1 Å². The number of halogens is 1. The summed E-state index contributed by atoms with van der Waals surface area (Å²) in [4.78, 5) is 31.4. The van der Waals surface area contributed by atoms with Gasteiger partial charge in [0, 0.05) is 54.9 Å². The molecule has 212 valence electrons. The first kappa shape index (κ1) is 28.3. The third-order valence-corrected chi connectivity index (χ3v) is 8.39. The van der Waals surface area contributed by atoms with E-state index in [0.29, 0.717) is 16.5 Å². The first-order valence-corrected chi connectivity index (χ1v) is 14.7. The number of hydrogen-bond acceptors (Lipinski definition) is 7.